The zero-order chi connectivity index (χ0) is 8.53. The van der Waals surface area contributed by atoms with Crippen LogP contribution < -0.4 is 5.73 Å². The first-order valence-electron chi connectivity index (χ1n) is 4.28. The first kappa shape index (κ1) is 10.7. The molecule has 0 saturated carbocycles. The molecule has 0 fully saturated rings. The second-order valence-electron chi connectivity index (χ2n) is 2.55. The van der Waals surface area contributed by atoms with Gasteiger partial charge in [0, 0.05) is 6.54 Å². The van der Waals surface area contributed by atoms with Crippen molar-refractivity contribution in [3.05, 3.63) is 12.2 Å². The van der Waals surface area contributed by atoms with Crippen molar-refractivity contribution in [2.45, 2.75) is 32.8 Å². The Morgan fingerprint density at radius 1 is 1.55 bits per heavy atom. The van der Waals surface area contributed by atoms with Crippen molar-refractivity contribution in [1.29, 1.82) is 0 Å². The second kappa shape index (κ2) is 7.76. The van der Waals surface area contributed by atoms with Gasteiger partial charge in [-0.3, -0.25) is 0 Å². The lowest BCUT2D eigenvalue weighted by Crippen LogP contribution is -2.23. The molecular weight excluding hydrogens is 138 g/mol. The summed E-state index contributed by atoms with van der Waals surface area (Å²) in [6, 6.07) is 0. The number of rotatable bonds is 6. The van der Waals surface area contributed by atoms with Crippen molar-refractivity contribution in [3.8, 4) is 0 Å². The molecule has 0 heterocycles. The maximum Gasteiger partial charge on any atom is 0.0701 e. The number of ether oxygens (including phenoxy) is 1. The largest absolute Gasteiger partial charge is 0.373 e. The third kappa shape index (κ3) is 6.07. The van der Waals surface area contributed by atoms with Gasteiger partial charge >= 0.3 is 0 Å². The first-order valence-corrected chi connectivity index (χ1v) is 4.28. The van der Waals surface area contributed by atoms with Gasteiger partial charge in [0.25, 0.3) is 0 Å². The highest BCUT2D eigenvalue weighted by Gasteiger charge is 2.02. The minimum absolute atomic E-state index is 0.246. The average molecular weight is 157 g/mol. The normalized spacial score (nSPS) is 14.1. The summed E-state index contributed by atoms with van der Waals surface area (Å²) < 4.78 is 5.46. The Morgan fingerprint density at radius 3 is 2.73 bits per heavy atom. The maximum atomic E-state index is 5.49. The molecule has 0 saturated heterocycles. The predicted octanol–water partition coefficient (Wildman–Crippen LogP) is 1.71. The summed E-state index contributed by atoms with van der Waals surface area (Å²) in [4.78, 5) is 0. The van der Waals surface area contributed by atoms with Crippen molar-refractivity contribution < 1.29 is 4.74 Å². The van der Waals surface area contributed by atoms with Gasteiger partial charge in [-0.1, -0.05) is 25.5 Å². The number of nitrogens with two attached hydrogens (primary N) is 1. The maximum absolute atomic E-state index is 5.49. The highest BCUT2D eigenvalue weighted by molar-refractivity contribution is 4.76. The molecule has 11 heavy (non-hydrogen) atoms. The van der Waals surface area contributed by atoms with Crippen LogP contribution in [-0.4, -0.2) is 19.3 Å². The van der Waals surface area contributed by atoms with E-state index in [2.05, 4.69) is 6.92 Å². The fourth-order valence-electron chi connectivity index (χ4n) is 0.879. The summed E-state index contributed by atoms with van der Waals surface area (Å²) in [5, 5.41) is 0. The summed E-state index contributed by atoms with van der Waals surface area (Å²) in [5.41, 5.74) is 5.49. The standard InChI is InChI=1S/C9H19NO/c1-3-5-7-11-9(8-10)6-4-2/h3,5,9H,4,6-8,10H2,1-2H3/b5-3+. The molecule has 0 spiro atoms. The van der Waals surface area contributed by atoms with Gasteiger partial charge in [-0.25, -0.2) is 0 Å². The van der Waals surface area contributed by atoms with Crippen LogP contribution in [-0.2, 0) is 4.74 Å². The lowest BCUT2D eigenvalue weighted by Gasteiger charge is -2.12. The van der Waals surface area contributed by atoms with Crippen LogP contribution in [0.25, 0.3) is 0 Å². The second-order valence-corrected chi connectivity index (χ2v) is 2.55. The van der Waals surface area contributed by atoms with Crippen molar-refractivity contribution in [1.82, 2.24) is 0 Å². The van der Waals surface area contributed by atoms with E-state index in [1.54, 1.807) is 0 Å². The van der Waals surface area contributed by atoms with Gasteiger partial charge < -0.3 is 10.5 Å². The van der Waals surface area contributed by atoms with Gasteiger partial charge in [-0.15, -0.1) is 0 Å². The molecule has 2 N–H and O–H groups in total. The molecule has 1 atom stereocenters. The van der Waals surface area contributed by atoms with Crippen LogP contribution in [0.3, 0.4) is 0 Å². The van der Waals surface area contributed by atoms with E-state index < -0.39 is 0 Å². The Bertz CT molecular complexity index is 102. The summed E-state index contributed by atoms with van der Waals surface area (Å²) >= 11 is 0. The van der Waals surface area contributed by atoms with E-state index in [1.165, 1.54) is 0 Å². The van der Waals surface area contributed by atoms with Crippen LogP contribution in [0.1, 0.15) is 26.7 Å². The van der Waals surface area contributed by atoms with E-state index in [4.69, 9.17) is 10.5 Å². The summed E-state index contributed by atoms with van der Waals surface area (Å²) in [7, 11) is 0. The van der Waals surface area contributed by atoms with E-state index in [-0.39, 0.29) is 6.10 Å². The minimum Gasteiger partial charge on any atom is -0.373 e. The van der Waals surface area contributed by atoms with Crippen LogP contribution in [0.2, 0.25) is 0 Å². The molecule has 0 aliphatic rings. The van der Waals surface area contributed by atoms with Crippen molar-refractivity contribution in [3.63, 3.8) is 0 Å². The Morgan fingerprint density at radius 2 is 2.27 bits per heavy atom. The number of hydrogen-bond acceptors (Lipinski definition) is 2. The van der Waals surface area contributed by atoms with Gasteiger partial charge in [0.1, 0.15) is 0 Å². The van der Waals surface area contributed by atoms with E-state index in [0.717, 1.165) is 12.8 Å². The molecule has 1 unspecified atom stereocenters. The molecule has 66 valence electrons. The molecule has 0 amide bonds. The van der Waals surface area contributed by atoms with Crippen molar-refractivity contribution in [2.75, 3.05) is 13.2 Å². The topological polar surface area (TPSA) is 35.2 Å². The predicted molar refractivity (Wildman–Crippen MR) is 48.5 cm³/mol. The van der Waals surface area contributed by atoms with Crippen molar-refractivity contribution in [2.24, 2.45) is 5.73 Å². The lowest BCUT2D eigenvalue weighted by atomic mass is 10.2. The van der Waals surface area contributed by atoms with Crippen LogP contribution >= 0.6 is 0 Å². The molecule has 2 nitrogen and oxygen atoms in total. The van der Waals surface area contributed by atoms with Gasteiger partial charge in [0.2, 0.25) is 0 Å². The summed E-state index contributed by atoms with van der Waals surface area (Å²) in [5.74, 6) is 0. The monoisotopic (exact) mass is 157 g/mol. The van der Waals surface area contributed by atoms with Gasteiger partial charge in [-0.05, 0) is 13.3 Å². The average Bonchev–Trinajstić information content (AvgIpc) is 2.03. The SMILES string of the molecule is C/C=C/COC(CN)CCC. The summed E-state index contributed by atoms with van der Waals surface area (Å²) in [6.07, 6.45) is 6.43. The Labute approximate surface area is 69.4 Å². The van der Waals surface area contributed by atoms with E-state index in [9.17, 15) is 0 Å². The lowest BCUT2D eigenvalue weighted by molar-refractivity contribution is 0.0736. The van der Waals surface area contributed by atoms with Crippen LogP contribution in [0.15, 0.2) is 12.2 Å². The first-order chi connectivity index (χ1) is 5.35. The van der Waals surface area contributed by atoms with Crippen LogP contribution in [0.5, 0.6) is 0 Å². The molecule has 0 aromatic rings. The number of allylic oxidation sites excluding steroid dienone is 1. The molecule has 0 aliphatic heterocycles. The van der Waals surface area contributed by atoms with Gasteiger partial charge in [-0.2, -0.15) is 0 Å². The van der Waals surface area contributed by atoms with E-state index >= 15 is 0 Å². The smallest absolute Gasteiger partial charge is 0.0701 e. The Hall–Kier alpha value is -0.340. The zero-order valence-electron chi connectivity index (χ0n) is 7.55. The minimum atomic E-state index is 0.246. The molecular formula is C9H19NO. The number of hydrogen-bond donors (Lipinski definition) is 1. The third-order valence-electron chi connectivity index (χ3n) is 1.54. The zero-order valence-corrected chi connectivity index (χ0v) is 7.55. The molecule has 0 rings (SSSR count). The highest BCUT2D eigenvalue weighted by Crippen LogP contribution is 1.99. The molecule has 0 aromatic carbocycles. The quantitative estimate of drug-likeness (QED) is 0.596. The van der Waals surface area contributed by atoms with E-state index in [0.29, 0.717) is 13.2 Å². The highest BCUT2D eigenvalue weighted by atomic mass is 16.5. The molecule has 0 bridgehead atoms. The fourth-order valence-corrected chi connectivity index (χ4v) is 0.879. The van der Waals surface area contributed by atoms with E-state index in [1.807, 2.05) is 19.1 Å². The molecule has 0 radical (unpaired) electrons. The van der Waals surface area contributed by atoms with Crippen LogP contribution in [0, 0.1) is 0 Å². The Balaban J connectivity index is 3.35. The van der Waals surface area contributed by atoms with Gasteiger partial charge in [0.05, 0.1) is 12.7 Å². The summed E-state index contributed by atoms with van der Waals surface area (Å²) in [6.45, 7) is 5.45. The Kier molecular flexibility index (Phi) is 7.52. The molecule has 0 aliphatic carbocycles. The van der Waals surface area contributed by atoms with Crippen molar-refractivity contribution >= 4 is 0 Å². The fraction of sp³-hybridized carbons (Fsp3) is 0.778. The third-order valence-corrected chi connectivity index (χ3v) is 1.54. The van der Waals surface area contributed by atoms with Gasteiger partial charge in [0.15, 0.2) is 0 Å². The molecule has 2 heteroatoms. The molecule has 0 aromatic heterocycles. The van der Waals surface area contributed by atoms with Crippen LogP contribution in [0.4, 0.5) is 0 Å².